The van der Waals surface area contributed by atoms with Crippen molar-refractivity contribution < 1.29 is 0 Å². The molecular weight excluding hydrogens is 124 g/mol. The van der Waals surface area contributed by atoms with Crippen LogP contribution in [0.3, 0.4) is 0 Å². The van der Waals surface area contributed by atoms with Crippen molar-refractivity contribution in [2.75, 3.05) is 0 Å². The summed E-state index contributed by atoms with van der Waals surface area (Å²) in [5.74, 6) is 0. The zero-order chi connectivity index (χ0) is 7.11. The van der Waals surface area contributed by atoms with E-state index in [1.165, 1.54) is 31.4 Å². The summed E-state index contributed by atoms with van der Waals surface area (Å²) in [6, 6.07) is 3.06. The Balaban J connectivity index is 2.95. The van der Waals surface area contributed by atoms with Crippen LogP contribution in [0, 0.1) is 0 Å². The first kappa shape index (κ1) is 9.22. The van der Waals surface area contributed by atoms with E-state index >= 15 is 0 Å². The van der Waals surface area contributed by atoms with Crippen molar-refractivity contribution in [3.05, 3.63) is 0 Å². The normalized spacial score (nSPS) is 10.7. The van der Waals surface area contributed by atoms with Gasteiger partial charge in [0.25, 0.3) is 0 Å². The minimum Gasteiger partial charge on any atom is -0.0711 e. The molecule has 0 amide bonds. The minimum absolute atomic E-state index is 0.0968. The molecule has 1 radical (unpaired) electrons. The molecule has 55 valence electrons. The lowest BCUT2D eigenvalue weighted by atomic mass is 10.4. The number of unbranched alkanes of at least 4 members (excludes halogenated alkanes) is 1. The third-order valence-corrected chi connectivity index (χ3v) is 4.19. The van der Waals surface area contributed by atoms with Crippen molar-refractivity contribution in [2.45, 2.75) is 51.7 Å². The highest BCUT2D eigenvalue weighted by Crippen LogP contribution is 2.06. The minimum atomic E-state index is 0.0968. The van der Waals surface area contributed by atoms with Gasteiger partial charge >= 0.3 is 0 Å². The summed E-state index contributed by atoms with van der Waals surface area (Å²) in [6.45, 7) is 7.03. The Hall–Kier alpha value is 0.217. The molecule has 0 saturated carbocycles. The van der Waals surface area contributed by atoms with Gasteiger partial charge in [-0.15, -0.1) is 0 Å². The van der Waals surface area contributed by atoms with Gasteiger partial charge in [0, 0.05) is 8.80 Å². The first-order chi connectivity index (χ1) is 4.31. The van der Waals surface area contributed by atoms with Crippen LogP contribution in [0.1, 0.15) is 33.1 Å². The summed E-state index contributed by atoms with van der Waals surface area (Å²) in [5, 5.41) is 0. The summed E-state index contributed by atoms with van der Waals surface area (Å²) in [7, 11) is 0.0968. The van der Waals surface area contributed by atoms with Gasteiger partial charge in [0.05, 0.1) is 0 Å². The first-order valence-corrected chi connectivity index (χ1v) is 6.54. The zero-order valence-corrected chi connectivity index (χ0v) is 8.04. The summed E-state index contributed by atoms with van der Waals surface area (Å²) in [6.07, 6.45) is 4.24. The van der Waals surface area contributed by atoms with E-state index < -0.39 is 0 Å². The Morgan fingerprint density at radius 1 is 1.00 bits per heavy atom. The summed E-state index contributed by atoms with van der Waals surface area (Å²) < 4.78 is 0. The highest BCUT2D eigenvalue weighted by atomic mass is 28.3. The maximum atomic E-state index is 2.46. The van der Waals surface area contributed by atoms with Gasteiger partial charge in [-0.1, -0.05) is 51.7 Å². The van der Waals surface area contributed by atoms with Crippen molar-refractivity contribution in [1.82, 2.24) is 0 Å². The van der Waals surface area contributed by atoms with Crippen molar-refractivity contribution in [3.63, 3.8) is 0 Å². The van der Waals surface area contributed by atoms with E-state index in [2.05, 4.69) is 20.4 Å². The van der Waals surface area contributed by atoms with Crippen molar-refractivity contribution >= 4 is 8.80 Å². The van der Waals surface area contributed by atoms with Crippen LogP contribution < -0.4 is 0 Å². The van der Waals surface area contributed by atoms with Gasteiger partial charge in [-0.25, -0.2) is 0 Å². The molecule has 0 nitrogen and oxygen atoms in total. The Labute approximate surface area is 61.3 Å². The second-order valence-electron chi connectivity index (χ2n) is 2.81. The predicted octanol–water partition coefficient (Wildman–Crippen LogP) is 3.32. The Morgan fingerprint density at radius 3 is 2.11 bits per heavy atom. The summed E-state index contributed by atoms with van der Waals surface area (Å²) >= 11 is 0. The van der Waals surface area contributed by atoms with E-state index in [4.69, 9.17) is 0 Å². The first-order valence-electron chi connectivity index (χ1n) is 4.12. The standard InChI is InChI=1S/C8H19Si/c1-4-6-8-9(3)7-5-2/h4-8H2,1-3H3. The lowest BCUT2D eigenvalue weighted by molar-refractivity contribution is 0.867. The highest BCUT2D eigenvalue weighted by Gasteiger charge is 1.99. The lowest BCUT2D eigenvalue weighted by Crippen LogP contribution is -2.04. The van der Waals surface area contributed by atoms with Crippen LogP contribution >= 0.6 is 0 Å². The molecule has 9 heavy (non-hydrogen) atoms. The molecule has 0 rings (SSSR count). The fourth-order valence-corrected chi connectivity index (χ4v) is 3.09. The maximum absolute atomic E-state index is 2.46. The van der Waals surface area contributed by atoms with Crippen LogP contribution in [0.4, 0.5) is 0 Å². The number of hydrogen-bond acceptors (Lipinski definition) is 0. The van der Waals surface area contributed by atoms with E-state index in [9.17, 15) is 0 Å². The average molecular weight is 143 g/mol. The van der Waals surface area contributed by atoms with Crippen LogP contribution in [0.25, 0.3) is 0 Å². The predicted molar refractivity (Wildman–Crippen MR) is 46.4 cm³/mol. The smallest absolute Gasteiger partial charge is 0.0445 e. The number of hydrogen-bond donors (Lipinski definition) is 0. The van der Waals surface area contributed by atoms with E-state index in [1.807, 2.05) is 0 Å². The van der Waals surface area contributed by atoms with Crippen molar-refractivity contribution in [3.8, 4) is 0 Å². The molecule has 0 fully saturated rings. The van der Waals surface area contributed by atoms with Crippen LogP contribution in [0.2, 0.25) is 18.6 Å². The summed E-state index contributed by atoms with van der Waals surface area (Å²) in [5.41, 5.74) is 0. The molecule has 0 spiro atoms. The SMILES string of the molecule is CCCC[Si](C)CCC. The molecule has 0 aliphatic rings. The van der Waals surface area contributed by atoms with Crippen LogP contribution in [-0.2, 0) is 0 Å². The molecule has 0 heterocycles. The molecule has 0 aromatic carbocycles. The van der Waals surface area contributed by atoms with E-state index in [1.54, 1.807) is 0 Å². The largest absolute Gasteiger partial charge is 0.0711 e. The fourth-order valence-electron chi connectivity index (χ4n) is 1.03. The van der Waals surface area contributed by atoms with E-state index in [-0.39, 0.29) is 8.80 Å². The van der Waals surface area contributed by atoms with Gasteiger partial charge in [-0.05, 0) is 0 Å². The van der Waals surface area contributed by atoms with Gasteiger partial charge in [0.1, 0.15) is 0 Å². The van der Waals surface area contributed by atoms with Crippen molar-refractivity contribution in [2.24, 2.45) is 0 Å². The maximum Gasteiger partial charge on any atom is 0.0445 e. The second-order valence-corrected chi connectivity index (χ2v) is 5.72. The number of rotatable bonds is 5. The van der Waals surface area contributed by atoms with Crippen LogP contribution in [0.5, 0.6) is 0 Å². The zero-order valence-electron chi connectivity index (χ0n) is 7.04. The molecule has 0 aromatic rings. The Kier molecular flexibility index (Phi) is 6.49. The molecule has 0 bridgehead atoms. The fraction of sp³-hybridized carbons (Fsp3) is 1.00. The average Bonchev–Trinajstić information content (AvgIpc) is 1.85. The van der Waals surface area contributed by atoms with Gasteiger partial charge in [0.2, 0.25) is 0 Å². The molecule has 0 aliphatic heterocycles. The van der Waals surface area contributed by atoms with Crippen LogP contribution in [0.15, 0.2) is 0 Å². The van der Waals surface area contributed by atoms with Gasteiger partial charge in [0.15, 0.2) is 0 Å². The summed E-state index contributed by atoms with van der Waals surface area (Å²) in [4.78, 5) is 0. The van der Waals surface area contributed by atoms with Crippen molar-refractivity contribution in [1.29, 1.82) is 0 Å². The molecule has 0 N–H and O–H groups in total. The molecule has 0 aliphatic carbocycles. The quantitative estimate of drug-likeness (QED) is 0.518. The third kappa shape index (κ3) is 6.10. The molecule has 0 unspecified atom stereocenters. The molecule has 0 saturated heterocycles. The van der Waals surface area contributed by atoms with Gasteiger partial charge in [-0.2, -0.15) is 0 Å². The van der Waals surface area contributed by atoms with E-state index in [0.717, 1.165) is 0 Å². The van der Waals surface area contributed by atoms with Crippen LogP contribution in [-0.4, -0.2) is 8.80 Å². The molecular formula is C8H19Si. The molecule has 1 heteroatoms. The molecule has 0 atom stereocenters. The monoisotopic (exact) mass is 143 g/mol. The Morgan fingerprint density at radius 2 is 1.67 bits per heavy atom. The Bertz CT molecular complexity index is 52.5. The van der Waals surface area contributed by atoms with Gasteiger partial charge < -0.3 is 0 Å². The second kappa shape index (κ2) is 6.34. The van der Waals surface area contributed by atoms with Gasteiger partial charge in [-0.3, -0.25) is 0 Å². The lowest BCUT2D eigenvalue weighted by Gasteiger charge is -2.04. The highest BCUT2D eigenvalue weighted by molar-refractivity contribution is 6.57. The molecule has 0 aromatic heterocycles. The van der Waals surface area contributed by atoms with E-state index in [0.29, 0.717) is 0 Å². The third-order valence-electron chi connectivity index (χ3n) is 1.63. The topological polar surface area (TPSA) is 0 Å².